The summed E-state index contributed by atoms with van der Waals surface area (Å²) in [6, 6.07) is 4.32. The quantitative estimate of drug-likeness (QED) is 0.724. The molecular formula is C16H19NO5. The average Bonchev–Trinajstić information content (AvgIpc) is 2.49. The molecule has 22 heavy (non-hydrogen) atoms. The molecule has 0 saturated heterocycles. The Kier molecular flexibility index (Phi) is 5.14. The molecule has 0 unspecified atom stereocenters. The van der Waals surface area contributed by atoms with Crippen LogP contribution in [0.4, 0.5) is 0 Å². The number of aliphatic imine (C=N–C) groups is 1. The van der Waals surface area contributed by atoms with E-state index in [1.54, 1.807) is 12.3 Å². The van der Waals surface area contributed by atoms with Crippen LogP contribution in [0.3, 0.4) is 0 Å². The van der Waals surface area contributed by atoms with E-state index in [2.05, 4.69) is 4.99 Å². The first-order chi connectivity index (χ1) is 10.5. The second kappa shape index (κ2) is 7.06. The van der Waals surface area contributed by atoms with Gasteiger partial charge in [-0.25, -0.2) is 4.79 Å². The molecule has 1 aromatic rings. The molecule has 0 bridgehead atoms. The summed E-state index contributed by atoms with van der Waals surface area (Å²) < 4.78 is 0. The van der Waals surface area contributed by atoms with Crippen LogP contribution in [-0.2, 0) is 4.79 Å². The fourth-order valence-electron chi connectivity index (χ4n) is 2.70. The molecule has 0 aliphatic heterocycles. The first kappa shape index (κ1) is 16.0. The van der Waals surface area contributed by atoms with Gasteiger partial charge in [0.1, 0.15) is 11.3 Å². The second-order valence-corrected chi connectivity index (χ2v) is 5.63. The zero-order chi connectivity index (χ0) is 16.1. The van der Waals surface area contributed by atoms with E-state index in [0.717, 1.165) is 12.8 Å². The Morgan fingerprint density at radius 3 is 2.45 bits per heavy atom. The summed E-state index contributed by atoms with van der Waals surface area (Å²) in [7, 11) is 0. The minimum absolute atomic E-state index is 0.147. The number of hydrogen-bond acceptors (Lipinski definition) is 4. The zero-order valence-corrected chi connectivity index (χ0v) is 12.1. The van der Waals surface area contributed by atoms with E-state index in [1.165, 1.54) is 12.1 Å². The van der Waals surface area contributed by atoms with Crippen LogP contribution < -0.4 is 0 Å². The van der Waals surface area contributed by atoms with Gasteiger partial charge in [-0.2, -0.15) is 0 Å². The second-order valence-electron chi connectivity index (χ2n) is 5.63. The van der Waals surface area contributed by atoms with E-state index in [1.807, 2.05) is 0 Å². The van der Waals surface area contributed by atoms with Crippen molar-refractivity contribution in [3.05, 3.63) is 29.3 Å². The number of carboxylic acids is 2. The van der Waals surface area contributed by atoms with E-state index in [4.69, 9.17) is 10.2 Å². The van der Waals surface area contributed by atoms with Gasteiger partial charge in [-0.1, -0.05) is 0 Å². The van der Waals surface area contributed by atoms with Crippen LogP contribution >= 0.6 is 0 Å². The molecule has 1 aromatic carbocycles. The van der Waals surface area contributed by atoms with Crippen LogP contribution in [0.1, 0.15) is 41.6 Å². The van der Waals surface area contributed by atoms with Gasteiger partial charge in [-0.05, 0) is 55.4 Å². The standard InChI is InChI=1S/C16H19NO5/c18-14-6-3-11(7-13(14)16(21)22)9-17-8-10-1-4-12(5-2-10)15(19)20/h3,6-7,9-10,12,18H,1-2,4-5,8H2,(H,19,20)(H,21,22)/t10-,12-. The lowest BCUT2D eigenvalue weighted by Gasteiger charge is -2.24. The van der Waals surface area contributed by atoms with E-state index >= 15 is 0 Å². The Hall–Kier alpha value is -2.37. The fourth-order valence-corrected chi connectivity index (χ4v) is 2.70. The molecule has 1 saturated carbocycles. The van der Waals surface area contributed by atoms with Gasteiger partial charge < -0.3 is 15.3 Å². The fraction of sp³-hybridized carbons (Fsp3) is 0.438. The van der Waals surface area contributed by atoms with Crippen molar-refractivity contribution in [3.8, 4) is 5.75 Å². The van der Waals surface area contributed by atoms with Crippen LogP contribution in [-0.4, -0.2) is 40.0 Å². The molecule has 2 rings (SSSR count). The van der Waals surface area contributed by atoms with Gasteiger partial charge in [0.25, 0.3) is 0 Å². The van der Waals surface area contributed by atoms with E-state index in [9.17, 15) is 14.7 Å². The van der Waals surface area contributed by atoms with E-state index in [-0.39, 0.29) is 17.2 Å². The topological polar surface area (TPSA) is 107 Å². The zero-order valence-electron chi connectivity index (χ0n) is 12.1. The summed E-state index contributed by atoms with van der Waals surface area (Å²) in [5, 5.41) is 27.3. The molecule has 1 aliphatic rings. The largest absolute Gasteiger partial charge is 0.507 e. The van der Waals surface area contributed by atoms with Crippen LogP contribution in [0.5, 0.6) is 5.75 Å². The summed E-state index contributed by atoms with van der Waals surface area (Å²) in [5.41, 5.74) is 0.473. The third-order valence-corrected chi connectivity index (χ3v) is 4.05. The molecule has 0 radical (unpaired) electrons. The van der Waals surface area contributed by atoms with Gasteiger partial charge in [-0.3, -0.25) is 9.79 Å². The van der Waals surface area contributed by atoms with Gasteiger partial charge in [0, 0.05) is 12.8 Å². The van der Waals surface area contributed by atoms with Gasteiger partial charge in [0.15, 0.2) is 0 Å². The molecule has 6 heteroatoms. The molecular weight excluding hydrogens is 286 g/mol. The molecule has 118 valence electrons. The number of carboxylic acid groups (broad SMARTS) is 2. The van der Waals surface area contributed by atoms with Crippen molar-refractivity contribution in [2.45, 2.75) is 25.7 Å². The average molecular weight is 305 g/mol. The first-order valence-electron chi connectivity index (χ1n) is 7.26. The number of rotatable bonds is 5. The van der Waals surface area contributed by atoms with Gasteiger partial charge in [0.05, 0.1) is 5.92 Å². The van der Waals surface area contributed by atoms with E-state index in [0.29, 0.717) is 30.9 Å². The summed E-state index contributed by atoms with van der Waals surface area (Å²) >= 11 is 0. The first-order valence-corrected chi connectivity index (χ1v) is 7.26. The highest BCUT2D eigenvalue weighted by Crippen LogP contribution is 2.29. The number of aliphatic carboxylic acids is 1. The Morgan fingerprint density at radius 2 is 1.86 bits per heavy atom. The van der Waals surface area contributed by atoms with E-state index < -0.39 is 11.9 Å². The third-order valence-electron chi connectivity index (χ3n) is 4.05. The van der Waals surface area contributed by atoms with Crippen molar-refractivity contribution >= 4 is 18.2 Å². The number of nitrogens with zero attached hydrogens (tertiary/aromatic N) is 1. The minimum atomic E-state index is -1.18. The maximum absolute atomic E-state index is 10.9. The molecule has 0 atom stereocenters. The monoisotopic (exact) mass is 305 g/mol. The van der Waals surface area contributed by atoms with Gasteiger partial charge in [0.2, 0.25) is 0 Å². The maximum Gasteiger partial charge on any atom is 0.339 e. The number of hydrogen-bond donors (Lipinski definition) is 3. The Morgan fingerprint density at radius 1 is 1.18 bits per heavy atom. The van der Waals surface area contributed by atoms with Crippen LogP contribution in [0.15, 0.2) is 23.2 Å². The normalized spacial score (nSPS) is 21.8. The molecule has 3 N–H and O–H groups in total. The number of phenols is 1. The van der Waals surface area contributed by atoms with Crippen LogP contribution in [0.25, 0.3) is 0 Å². The lowest BCUT2D eigenvalue weighted by Crippen LogP contribution is -2.22. The predicted molar refractivity (Wildman–Crippen MR) is 80.6 cm³/mol. The molecule has 0 amide bonds. The Labute approximate surface area is 128 Å². The van der Waals surface area contributed by atoms with Crippen LogP contribution in [0, 0.1) is 11.8 Å². The Balaban J connectivity index is 1.90. The molecule has 6 nitrogen and oxygen atoms in total. The summed E-state index contributed by atoms with van der Waals surface area (Å²) in [5.74, 6) is -2.01. The number of aromatic hydroxyl groups is 1. The molecule has 0 aromatic heterocycles. The van der Waals surface area contributed by atoms with Crippen molar-refractivity contribution in [1.29, 1.82) is 0 Å². The van der Waals surface area contributed by atoms with Crippen molar-refractivity contribution < 1.29 is 24.9 Å². The van der Waals surface area contributed by atoms with Crippen molar-refractivity contribution in [3.63, 3.8) is 0 Å². The number of carbonyl (C=O) groups is 2. The smallest absolute Gasteiger partial charge is 0.339 e. The predicted octanol–water partition coefficient (Wildman–Crippen LogP) is 2.40. The summed E-state index contributed by atoms with van der Waals surface area (Å²) in [4.78, 5) is 26.1. The van der Waals surface area contributed by atoms with Gasteiger partial charge in [-0.15, -0.1) is 0 Å². The highest BCUT2D eigenvalue weighted by molar-refractivity contribution is 5.93. The molecule has 1 fully saturated rings. The SMILES string of the molecule is O=C(O)c1cc(C=NC[C@H]2CC[C@H](C(=O)O)CC2)ccc1O. The molecule has 1 aliphatic carbocycles. The summed E-state index contributed by atoms with van der Waals surface area (Å²) in [6.07, 6.45) is 4.68. The molecule has 0 spiro atoms. The van der Waals surface area contributed by atoms with Crippen molar-refractivity contribution in [1.82, 2.24) is 0 Å². The maximum atomic E-state index is 10.9. The summed E-state index contributed by atoms with van der Waals surface area (Å²) in [6.45, 7) is 0.607. The Bertz CT molecular complexity index is 588. The number of aromatic carboxylic acids is 1. The lowest BCUT2D eigenvalue weighted by atomic mass is 9.82. The highest BCUT2D eigenvalue weighted by atomic mass is 16.4. The third kappa shape index (κ3) is 4.07. The van der Waals surface area contributed by atoms with Crippen molar-refractivity contribution in [2.75, 3.05) is 6.54 Å². The lowest BCUT2D eigenvalue weighted by molar-refractivity contribution is -0.143. The molecule has 0 heterocycles. The van der Waals surface area contributed by atoms with Crippen LogP contribution in [0.2, 0.25) is 0 Å². The van der Waals surface area contributed by atoms with Crippen molar-refractivity contribution in [2.24, 2.45) is 16.8 Å². The van der Waals surface area contributed by atoms with Gasteiger partial charge >= 0.3 is 11.9 Å². The highest BCUT2D eigenvalue weighted by Gasteiger charge is 2.25. The number of benzene rings is 1. The minimum Gasteiger partial charge on any atom is -0.507 e.